The molecule has 1 fully saturated rings. The van der Waals surface area contributed by atoms with Crippen molar-refractivity contribution in [1.82, 2.24) is 14.5 Å². The standard InChI is InChI=1S/C15H21N5O5Se/c16-7(15(23)24)2-4-26-5-9-11(21)12(22)14(25-9)20-6-19-10-8(20)1-3-18-13(10)17/h1,3,6-7,9,11-12,14,21-22H,2,4-5,16H2,(H2,17,18)(H,23,24)/t7-,9+,11+,12+,14+/m0/s1. The summed E-state index contributed by atoms with van der Waals surface area (Å²) >= 11 is 0.0526. The normalized spacial score (nSPS) is 27.0. The van der Waals surface area contributed by atoms with Gasteiger partial charge in [0.05, 0.1) is 0 Å². The van der Waals surface area contributed by atoms with E-state index >= 15 is 0 Å². The number of nitrogen functional groups attached to an aromatic ring is 1. The summed E-state index contributed by atoms with van der Waals surface area (Å²) in [5, 5.41) is 32.6. The molecule has 0 aliphatic carbocycles. The number of fused-ring (bicyclic) bond motifs is 1. The van der Waals surface area contributed by atoms with Crippen LogP contribution in [0.2, 0.25) is 10.6 Å². The molecule has 2 aromatic heterocycles. The first-order valence-corrected chi connectivity index (χ1v) is 10.5. The van der Waals surface area contributed by atoms with Crippen LogP contribution in [0.4, 0.5) is 5.82 Å². The maximum atomic E-state index is 10.7. The van der Waals surface area contributed by atoms with Crippen LogP contribution < -0.4 is 16.6 Å². The molecule has 0 amide bonds. The zero-order valence-corrected chi connectivity index (χ0v) is 15.6. The van der Waals surface area contributed by atoms with E-state index in [2.05, 4.69) is 15.7 Å². The number of pyridine rings is 1. The van der Waals surface area contributed by atoms with E-state index in [0.717, 1.165) is 0 Å². The fourth-order valence-corrected chi connectivity index (χ4v) is 5.19. The number of hydrogen-bond acceptors (Lipinski definition) is 8. The van der Waals surface area contributed by atoms with Crippen LogP contribution in [0.3, 0.4) is 0 Å². The topological polar surface area (TPSA) is 174 Å². The zero-order chi connectivity index (χ0) is 18.8. The molecule has 5 atom stereocenters. The molecule has 0 bridgehead atoms. The molecular formula is C15H21N5O5Se. The van der Waals surface area contributed by atoms with E-state index in [1.165, 1.54) is 6.33 Å². The van der Waals surface area contributed by atoms with Crippen molar-refractivity contribution in [2.24, 2.45) is 0 Å². The number of quaternary nitrogens is 1. The van der Waals surface area contributed by atoms with Gasteiger partial charge in [-0.2, -0.15) is 0 Å². The summed E-state index contributed by atoms with van der Waals surface area (Å²) in [5.41, 5.74) is 10.5. The second-order valence-electron chi connectivity index (χ2n) is 6.14. The molecule has 142 valence electrons. The average Bonchev–Trinajstić information content (AvgIpc) is 3.15. The molecule has 0 aromatic carbocycles. The van der Waals surface area contributed by atoms with Gasteiger partial charge in [0, 0.05) is 0 Å². The number of aliphatic hydroxyl groups excluding tert-OH is 2. The molecule has 10 nitrogen and oxygen atoms in total. The van der Waals surface area contributed by atoms with Crippen LogP contribution in [-0.4, -0.2) is 70.0 Å². The molecule has 7 N–H and O–H groups in total. The van der Waals surface area contributed by atoms with Crippen LogP contribution in [0.5, 0.6) is 0 Å². The number of carboxylic acids is 1. The number of rotatable bonds is 7. The average molecular weight is 430 g/mol. The van der Waals surface area contributed by atoms with Crippen molar-refractivity contribution in [1.29, 1.82) is 0 Å². The minimum absolute atomic E-state index is 0.0526. The summed E-state index contributed by atoms with van der Waals surface area (Å²) in [6.07, 6.45) is 0.0289. The van der Waals surface area contributed by atoms with E-state index in [0.29, 0.717) is 28.1 Å². The van der Waals surface area contributed by atoms with Crippen LogP contribution in [0.1, 0.15) is 12.6 Å². The van der Waals surface area contributed by atoms with Crippen LogP contribution in [0.15, 0.2) is 18.6 Å². The Morgan fingerprint density at radius 1 is 1.46 bits per heavy atom. The van der Waals surface area contributed by atoms with Crippen molar-refractivity contribution >= 4 is 37.8 Å². The fourth-order valence-electron chi connectivity index (χ4n) is 2.82. The molecule has 0 saturated carbocycles. The summed E-state index contributed by atoms with van der Waals surface area (Å²) in [6.45, 7) is 0. The Morgan fingerprint density at radius 3 is 2.96 bits per heavy atom. The molecule has 3 rings (SSSR count). The number of anilines is 1. The third-order valence-corrected chi connectivity index (χ3v) is 6.64. The van der Waals surface area contributed by atoms with Crippen molar-refractivity contribution in [2.45, 2.75) is 47.6 Å². The number of aliphatic carboxylic acids is 1. The molecular weight excluding hydrogens is 409 g/mol. The number of carbonyl (C=O) groups excluding carboxylic acids is 1. The van der Waals surface area contributed by atoms with Gasteiger partial charge in [0.1, 0.15) is 0 Å². The number of carbonyl (C=O) groups is 1. The van der Waals surface area contributed by atoms with Gasteiger partial charge in [-0.05, 0) is 0 Å². The fraction of sp³-hybridized carbons (Fsp3) is 0.533. The minimum atomic E-state index is -1.16. The molecule has 1 saturated heterocycles. The van der Waals surface area contributed by atoms with Crippen LogP contribution in [0.25, 0.3) is 11.0 Å². The van der Waals surface area contributed by atoms with E-state index in [-0.39, 0.29) is 20.8 Å². The summed E-state index contributed by atoms with van der Waals surface area (Å²) in [6, 6.07) is 0.980. The number of hydrogen-bond donors (Lipinski definition) is 4. The molecule has 0 radical (unpaired) electrons. The molecule has 0 unspecified atom stereocenters. The molecule has 0 spiro atoms. The Kier molecular flexibility index (Phi) is 5.76. The third-order valence-electron chi connectivity index (χ3n) is 4.36. The number of imidazole rings is 1. The number of nitrogens with two attached hydrogens (primary N) is 1. The first kappa shape index (κ1) is 19.0. The molecule has 1 aliphatic rings. The monoisotopic (exact) mass is 431 g/mol. The second kappa shape index (κ2) is 7.87. The van der Waals surface area contributed by atoms with Gasteiger partial charge in [0.15, 0.2) is 0 Å². The second-order valence-corrected chi connectivity index (χ2v) is 8.55. The van der Waals surface area contributed by atoms with Crippen molar-refractivity contribution in [3.05, 3.63) is 18.6 Å². The zero-order valence-electron chi connectivity index (χ0n) is 13.9. The Morgan fingerprint density at radius 2 is 2.23 bits per heavy atom. The van der Waals surface area contributed by atoms with Gasteiger partial charge >= 0.3 is 155 Å². The Bertz CT molecular complexity index is 787. The summed E-state index contributed by atoms with van der Waals surface area (Å²) < 4.78 is 7.50. The first-order chi connectivity index (χ1) is 12.4. The van der Waals surface area contributed by atoms with E-state index in [9.17, 15) is 20.1 Å². The van der Waals surface area contributed by atoms with Crippen LogP contribution in [-0.2, 0) is 9.53 Å². The number of ether oxygens (including phenoxy) is 1. The van der Waals surface area contributed by atoms with Crippen molar-refractivity contribution < 1.29 is 30.6 Å². The van der Waals surface area contributed by atoms with Gasteiger partial charge < -0.3 is 0 Å². The van der Waals surface area contributed by atoms with Gasteiger partial charge in [-0.3, -0.25) is 0 Å². The summed E-state index contributed by atoms with van der Waals surface area (Å²) in [5.74, 6) is -0.876. The first-order valence-electron chi connectivity index (χ1n) is 8.10. The van der Waals surface area contributed by atoms with Gasteiger partial charge in [-0.1, -0.05) is 0 Å². The van der Waals surface area contributed by atoms with Gasteiger partial charge in [0.2, 0.25) is 0 Å². The predicted molar refractivity (Wildman–Crippen MR) is 89.5 cm³/mol. The molecule has 26 heavy (non-hydrogen) atoms. The Labute approximate surface area is 155 Å². The molecule has 1 aliphatic heterocycles. The third kappa shape index (κ3) is 3.68. The number of nitrogens with zero attached hydrogens (tertiary/aromatic N) is 3. The van der Waals surface area contributed by atoms with E-state index in [4.69, 9.17) is 10.5 Å². The number of aromatic nitrogens is 3. The van der Waals surface area contributed by atoms with Crippen molar-refractivity contribution in [3.63, 3.8) is 0 Å². The van der Waals surface area contributed by atoms with Crippen LogP contribution in [0, 0.1) is 0 Å². The summed E-state index contributed by atoms with van der Waals surface area (Å²) in [7, 11) is 0. The van der Waals surface area contributed by atoms with Crippen LogP contribution >= 0.6 is 0 Å². The molecule has 3 heterocycles. The van der Waals surface area contributed by atoms with Gasteiger partial charge in [-0.25, -0.2) is 0 Å². The number of aliphatic hydroxyl groups is 2. The van der Waals surface area contributed by atoms with Crippen molar-refractivity contribution in [3.8, 4) is 0 Å². The molecule has 2 aromatic rings. The number of carboxylic acid groups (broad SMARTS) is 1. The summed E-state index contributed by atoms with van der Waals surface area (Å²) in [4.78, 5) is 18.8. The Balaban J connectivity index is 1.64. The Hall–Kier alpha value is -1.75. The molecule has 11 heteroatoms. The van der Waals surface area contributed by atoms with Crippen molar-refractivity contribution in [2.75, 3.05) is 5.73 Å². The predicted octanol–water partition coefficient (Wildman–Crippen LogP) is -3.08. The van der Waals surface area contributed by atoms with E-state index in [1.54, 1.807) is 16.8 Å². The van der Waals surface area contributed by atoms with Gasteiger partial charge in [0.25, 0.3) is 0 Å². The van der Waals surface area contributed by atoms with Gasteiger partial charge in [-0.15, -0.1) is 0 Å². The SMILES string of the molecule is Nc1nccc2c1ncn2[C@@H]1O[C@H](C[Se]CC[C@H]([NH3+])C(=O)[O-])[C@@H](O)[C@H]1O. The maximum absolute atomic E-state index is 10.7. The van der Waals surface area contributed by atoms with E-state index in [1.807, 2.05) is 0 Å². The van der Waals surface area contributed by atoms with E-state index < -0.39 is 36.6 Å². The quantitative estimate of drug-likeness (QED) is 0.264.